The molecule has 0 radical (unpaired) electrons. The lowest BCUT2D eigenvalue weighted by molar-refractivity contribution is -0.138. The highest BCUT2D eigenvalue weighted by Gasteiger charge is 2.39. The summed E-state index contributed by atoms with van der Waals surface area (Å²) in [5.41, 5.74) is 0.257. The summed E-state index contributed by atoms with van der Waals surface area (Å²) in [5.74, 6) is 0.00617. The van der Waals surface area contributed by atoms with E-state index in [0.29, 0.717) is 17.6 Å². The summed E-state index contributed by atoms with van der Waals surface area (Å²) in [6.07, 6.45) is 4.76. The van der Waals surface area contributed by atoms with Crippen molar-refractivity contribution in [2.75, 3.05) is 6.54 Å². The zero-order valence-electron chi connectivity index (χ0n) is 18.2. The number of aromatic nitrogens is 2. The van der Waals surface area contributed by atoms with Crippen LogP contribution in [0.15, 0.2) is 28.8 Å². The van der Waals surface area contributed by atoms with E-state index in [9.17, 15) is 19.1 Å². The molecule has 8 nitrogen and oxygen atoms in total. The number of nitrogens with zero attached hydrogens (tertiary/aromatic N) is 3. The Bertz CT molecular complexity index is 959. The van der Waals surface area contributed by atoms with Crippen molar-refractivity contribution in [3.05, 3.63) is 47.4 Å². The van der Waals surface area contributed by atoms with Gasteiger partial charge in [0.25, 0.3) is 0 Å². The Hall–Kier alpha value is -2.81. The van der Waals surface area contributed by atoms with E-state index >= 15 is 0 Å². The van der Waals surface area contributed by atoms with Gasteiger partial charge in [0.15, 0.2) is 5.82 Å². The van der Waals surface area contributed by atoms with Crippen LogP contribution in [-0.4, -0.2) is 50.7 Å². The summed E-state index contributed by atoms with van der Waals surface area (Å²) in [6, 6.07) is 4.66. The van der Waals surface area contributed by atoms with Crippen LogP contribution in [0.3, 0.4) is 0 Å². The molecule has 4 rings (SSSR count). The van der Waals surface area contributed by atoms with Crippen molar-refractivity contribution in [2.45, 2.75) is 76.0 Å². The highest BCUT2D eigenvalue weighted by atomic mass is 19.1. The first-order valence-corrected chi connectivity index (χ1v) is 11.3. The third kappa shape index (κ3) is 4.98. The van der Waals surface area contributed by atoms with Crippen molar-refractivity contribution in [3.8, 4) is 0 Å². The second kappa shape index (κ2) is 9.77. The molecule has 3 atom stereocenters. The highest BCUT2D eigenvalue weighted by molar-refractivity contribution is 5.89. The molecular weight excluding hydrogens is 415 g/mol. The molecule has 1 aliphatic carbocycles. The van der Waals surface area contributed by atoms with E-state index < -0.39 is 35.8 Å². The molecule has 1 saturated heterocycles. The molecule has 0 spiro atoms. The molecule has 32 heavy (non-hydrogen) atoms. The number of amides is 2. The Morgan fingerprint density at radius 1 is 1.28 bits per heavy atom. The molecule has 2 aromatic rings. The molecular formula is C23H29FN4O4. The largest absolute Gasteiger partial charge is 0.391 e. The van der Waals surface area contributed by atoms with Gasteiger partial charge in [0, 0.05) is 18.9 Å². The monoisotopic (exact) mass is 444 g/mol. The Morgan fingerprint density at radius 3 is 2.78 bits per heavy atom. The van der Waals surface area contributed by atoms with E-state index in [1.165, 1.54) is 23.5 Å². The highest BCUT2D eigenvalue weighted by Crippen LogP contribution is 2.31. The third-order valence-corrected chi connectivity index (χ3v) is 6.36. The predicted octanol–water partition coefficient (Wildman–Crippen LogP) is 2.64. The predicted molar refractivity (Wildman–Crippen MR) is 113 cm³/mol. The van der Waals surface area contributed by atoms with Gasteiger partial charge in [-0.3, -0.25) is 9.59 Å². The second-order valence-electron chi connectivity index (χ2n) is 8.78. The van der Waals surface area contributed by atoms with E-state index in [4.69, 9.17) is 4.52 Å². The molecule has 2 N–H and O–H groups in total. The summed E-state index contributed by atoms with van der Waals surface area (Å²) >= 11 is 0. The SMILES string of the molecule is CC(NC(=O)C1CC(O)CN1C(=O)Cc1ccccc1F)c1nc(C2CCCCC2)no1. The fourth-order valence-corrected chi connectivity index (χ4v) is 4.57. The zero-order valence-corrected chi connectivity index (χ0v) is 18.2. The van der Waals surface area contributed by atoms with E-state index in [1.54, 1.807) is 19.1 Å². The minimum Gasteiger partial charge on any atom is -0.391 e. The van der Waals surface area contributed by atoms with E-state index in [1.807, 2.05) is 0 Å². The first kappa shape index (κ1) is 22.4. The van der Waals surface area contributed by atoms with Crippen molar-refractivity contribution >= 4 is 11.8 Å². The van der Waals surface area contributed by atoms with E-state index in [-0.39, 0.29) is 24.9 Å². The molecule has 1 saturated carbocycles. The summed E-state index contributed by atoms with van der Waals surface area (Å²) in [6.45, 7) is 1.78. The summed E-state index contributed by atoms with van der Waals surface area (Å²) < 4.78 is 19.3. The van der Waals surface area contributed by atoms with Crippen molar-refractivity contribution in [1.82, 2.24) is 20.4 Å². The lowest BCUT2D eigenvalue weighted by Crippen LogP contribution is -2.47. The Morgan fingerprint density at radius 2 is 2.03 bits per heavy atom. The fraction of sp³-hybridized carbons (Fsp3) is 0.565. The maximum absolute atomic E-state index is 13.9. The standard InChI is InChI=1S/C23H29FN4O4/c1-14(23-26-21(27-32-23)15-7-3-2-4-8-15)25-22(31)19-12-17(29)13-28(19)20(30)11-16-9-5-6-10-18(16)24/h5-6,9-10,14-15,17,19,29H,2-4,7-8,11-13H2,1H3,(H,25,31). The van der Waals surface area contributed by atoms with Crippen LogP contribution in [0, 0.1) is 5.82 Å². The second-order valence-corrected chi connectivity index (χ2v) is 8.78. The lowest BCUT2D eigenvalue weighted by atomic mass is 9.89. The normalized spacial score (nSPS) is 22.7. The van der Waals surface area contributed by atoms with Gasteiger partial charge in [0.2, 0.25) is 17.7 Å². The fourth-order valence-electron chi connectivity index (χ4n) is 4.57. The van der Waals surface area contributed by atoms with Gasteiger partial charge in [0.05, 0.1) is 12.5 Å². The number of carbonyl (C=O) groups excluding carboxylic acids is 2. The summed E-state index contributed by atoms with van der Waals surface area (Å²) in [7, 11) is 0. The maximum atomic E-state index is 13.9. The number of hydrogen-bond acceptors (Lipinski definition) is 6. The number of benzene rings is 1. The number of likely N-dealkylation sites (tertiary alicyclic amines) is 1. The van der Waals surface area contributed by atoms with Crippen LogP contribution in [-0.2, 0) is 16.0 Å². The first-order chi connectivity index (χ1) is 15.4. The van der Waals surface area contributed by atoms with Gasteiger partial charge in [-0.15, -0.1) is 0 Å². The van der Waals surface area contributed by atoms with Crippen LogP contribution in [0.25, 0.3) is 0 Å². The molecule has 0 bridgehead atoms. The van der Waals surface area contributed by atoms with Gasteiger partial charge in [-0.2, -0.15) is 4.98 Å². The quantitative estimate of drug-likeness (QED) is 0.709. The number of halogens is 1. The van der Waals surface area contributed by atoms with Gasteiger partial charge in [-0.05, 0) is 31.4 Å². The molecule has 9 heteroatoms. The molecule has 1 aromatic carbocycles. The van der Waals surface area contributed by atoms with Crippen LogP contribution in [0.4, 0.5) is 4.39 Å². The number of nitrogens with one attached hydrogen (secondary N) is 1. The lowest BCUT2D eigenvalue weighted by Gasteiger charge is -2.24. The van der Waals surface area contributed by atoms with Crippen LogP contribution >= 0.6 is 0 Å². The number of carbonyl (C=O) groups is 2. The number of hydrogen-bond donors (Lipinski definition) is 2. The Labute approximate surface area is 186 Å². The number of β-amino-alcohol motifs (C(OH)–C–C–N with tert-alkyl or cyclic N) is 1. The molecule has 2 heterocycles. The van der Waals surface area contributed by atoms with Crippen molar-refractivity contribution in [1.29, 1.82) is 0 Å². The molecule has 1 aliphatic heterocycles. The van der Waals surface area contributed by atoms with Crippen molar-refractivity contribution in [2.24, 2.45) is 0 Å². The topological polar surface area (TPSA) is 109 Å². The minimum atomic E-state index is -0.840. The van der Waals surface area contributed by atoms with Crippen LogP contribution in [0.5, 0.6) is 0 Å². The zero-order chi connectivity index (χ0) is 22.7. The molecule has 2 amide bonds. The van der Waals surface area contributed by atoms with Gasteiger partial charge in [-0.25, -0.2) is 4.39 Å². The minimum absolute atomic E-state index is 0.0339. The molecule has 3 unspecified atom stereocenters. The van der Waals surface area contributed by atoms with Crippen molar-refractivity contribution < 1.29 is 23.6 Å². The molecule has 2 fully saturated rings. The van der Waals surface area contributed by atoms with Crippen LogP contribution < -0.4 is 5.32 Å². The van der Waals surface area contributed by atoms with E-state index in [0.717, 1.165) is 25.7 Å². The van der Waals surface area contributed by atoms with Crippen LogP contribution in [0.2, 0.25) is 0 Å². The third-order valence-electron chi connectivity index (χ3n) is 6.36. The summed E-state index contributed by atoms with van der Waals surface area (Å²) in [4.78, 5) is 31.5. The van der Waals surface area contributed by atoms with Gasteiger partial charge < -0.3 is 19.8 Å². The van der Waals surface area contributed by atoms with Crippen molar-refractivity contribution in [3.63, 3.8) is 0 Å². The summed E-state index contributed by atoms with van der Waals surface area (Å²) in [5, 5.41) is 17.0. The number of aliphatic hydroxyl groups excluding tert-OH is 1. The average molecular weight is 445 g/mol. The molecule has 172 valence electrons. The smallest absolute Gasteiger partial charge is 0.248 e. The number of rotatable bonds is 6. The van der Waals surface area contributed by atoms with Crippen LogP contribution in [0.1, 0.15) is 74.7 Å². The first-order valence-electron chi connectivity index (χ1n) is 11.3. The Balaban J connectivity index is 1.39. The number of aliphatic hydroxyl groups is 1. The van der Waals surface area contributed by atoms with Gasteiger partial charge in [-0.1, -0.05) is 42.6 Å². The molecule has 2 aliphatic rings. The maximum Gasteiger partial charge on any atom is 0.248 e. The molecule has 1 aromatic heterocycles. The van der Waals surface area contributed by atoms with E-state index in [2.05, 4.69) is 15.5 Å². The average Bonchev–Trinajstić information content (AvgIpc) is 3.43. The van der Waals surface area contributed by atoms with Gasteiger partial charge >= 0.3 is 0 Å². The Kier molecular flexibility index (Phi) is 6.83. The van der Waals surface area contributed by atoms with Gasteiger partial charge in [0.1, 0.15) is 17.9 Å².